The number of benzene rings is 1. The molecule has 3 N–H and O–H groups in total. The maximum atomic E-state index is 12.1. The number of nitrogens with one attached hydrogen (secondary N) is 2. The third-order valence-corrected chi connectivity index (χ3v) is 3.34. The van der Waals surface area contributed by atoms with Gasteiger partial charge in [-0.15, -0.1) is 0 Å². The molecule has 1 atom stereocenters. The number of aromatic nitrogens is 2. The van der Waals surface area contributed by atoms with Gasteiger partial charge in [0.1, 0.15) is 11.7 Å². The van der Waals surface area contributed by atoms with Crippen molar-refractivity contribution in [3.8, 4) is 11.3 Å². The molecule has 1 heterocycles. The number of hydrogen-bond acceptors (Lipinski definition) is 3. The number of carboxylic acids is 1. The minimum absolute atomic E-state index is 0.251. The quantitative estimate of drug-likeness (QED) is 0.732. The van der Waals surface area contributed by atoms with Crippen LogP contribution in [0.1, 0.15) is 36.7 Å². The first-order chi connectivity index (χ1) is 10.6. The van der Waals surface area contributed by atoms with Crippen LogP contribution in [-0.4, -0.2) is 33.2 Å². The molecule has 0 saturated carbocycles. The third-order valence-electron chi connectivity index (χ3n) is 3.34. The van der Waals surface area contributed by atoms with E-state index in [4.69, 9.17) is 5.11 Å². The first-order valence-electron chi connectivity index (χ1n) is 7.26. The van der Waals surface area contributed by atoms with Crippen LogP contribution >= 0.6 is 0 Å². The van der Waals surface area contributed by atoms with E-state index in [9.17, 15) is 9.59 Å². The Morgan fingerprint density at radius 1 is 1.32 bits per heavy atom. The maximum absolute atomic E-state index is 12.1. The number of hydrogen-bond donors (Lipinski definition) is 3. The van der Waals surface area contributed by atoms with E-state index in [1.54, 1.807) is 6.07 Å². The summed E-state index contributed by atoms with van der Waals surface area (Å²) >= 11 is 0. The summed E-state index contributed by atoms with van der Waals surface area (Å²) in [4.78, 5) is 23.3. The van der Waals surface area contributed by atoms with E-state index in [0.29, 0.717) is 12.1 Å². The van der Waals surface area contributed by atoms with Crippen molar-refractivity contribution in [2.75, 3.05) is 0 Å². The Labute approximate surface area is 128 Å². The van der Waals surface area contributed by atoms with Crippen molar-refractivity contribution < 1.29 is 14.7 Å². The Kier molecular flexibility index (Phi) is 5.30. The van der Waals surface area contributed by atoms with Crippen LogP contribution < -0.4 is 5.32 Å². The number of rotatable bonds is 7. The lowest BCUT2D eigenvalue weighted by atomic mass is 10.1. The van der Waals surface area contributed by atoms with Gasteiger partial charge in [0.25, 0.3) is 5.91 Å². The molecule has 6 nitrogen and oxygen atoms in total. The standard InChI is InChI=1S/C16H19N3O3/c1-2-3-9-12(16(21)22)17-15(20)14-10-13(18-19-14)11-7-5-4-6-8-11/h4-8,10,12H,2-3,9H2,1H3,(H,17,20)(H,18,19)(H,21,22). The Morgan fingerprint density at radius 3 is 2.68 bits per heavy atom. The first kappa shape index (κ1) is 15.8. The molecule has 1 aromatic heterocycles. The number of H-pyrrole nitrogens is 1. The van der Waals surface area contributed by atoms with Crippen LogP contribution in [0.25, 0.3) is 11.3 Å². The fraction of sp³-hybridized carbons (Fsp3) is 0.312. The largest absolute Gasteiger partial charge is 0.480 e. The third kappa shape index (κ3) is 3.94. The summed E-state index contributed by atoms with van der Waals surface area (Å²) in [6.45, 7) is 1.97. The van der Waals surface area contributed by atoms with Crippen LogP contribution in [0.2, 0.25) is 0 Å². The smallest absolute Gasteiger partial charge is 0.326 e. The minimum atomic E-state index is -1.02. The predicted octanol–water partition coefficient (Wildman–Crippen LogP) is 2.45. The van der Waals surface area contributed by atoms with Crippen LogP contribution in [0, 0.1) is 0 Å². The van der Waals surface area contributed by atoms with Gasteiger partial charge in [0, 0.05) is 5.56 Å². The van der Waals surface area contributed by atoms with Gasteiger partial charge in [0.15, 0.2) is 0 Å². The molecule has 0 fully saturated rings. The number of nitrogens with zero attached hydrogens (tertiary/aromatic N) is 1. The zero-order valence-corrected chi connectivity index (χ0v) is 12.4. The van der Waals surface area contributed by atoms with Crippen LogP contribution in [0.3, 0.4) is 0 Å². The zero-order chi connectivity index (χ0) is 15.9. The lowest BCUT2D eigenvalue weighted by Gasteiger charge is -2.12. The second-order valence-corrected chi connectivity index (χ2v) is 5.04. The summed E-state index contributed by atoms with van der Waals surface area (Å²) in [5.74, 6) is -1.48. The summed E-state index contributed by atoms with van der Waals surface area (Å²) in [6, 6.07) is 10.2. The molecule has 1 unspecified atom stereocenters. The van der Waals surface area contributed by atoms with Crippen molar-refractivity contribution in [1.29, 1.82) is 0 Å². The average molecular weight is 301 g/mol. The SMILES string of the molecule is CCCCC(NC(=O)c1cc(-c2ccccc2)n[nH]1)C(=O)O. The van der Waals surface area contributed by atoms with E-state index >= 15 is 0 Å². The molecular formula is C16H19N3O3. The average Bonchev–Trinajstić information content (AvgIpc) is 3.02. The summed E-state index contributed by atoms with van der Waals surface area (Å²) in [5.41, 5.74) is 1.78. The second-order valence-electron chi connectivity index (χ2n) is 5.04. The maximum Gasteiger partial charge on any atom is 0.326 e. The van der Waals surface area contributed by atoms with Crippen LogP contribution in [0.4, 0.5) is 0 Å². The number of unbranched alkanes of at least 4 members (excludes halogenated alkanes) is 1. The highest BCUT2D eigenvalue weighted by molar-refractivity contribution is 5.95. The topological polar surface area (TPSA) is 95.1 Å². The van der Waals surface area contributed by atoms with Crippen LogP contribution in [0.15, 0.2) is 36.4 Å². The van der Waals surface area contributed by atoms with Crippen molar-refractivity contribution in [2.24, 2.45) is 0 Å². The van der Waals surface area contributed by atoms with Crippen molar-refractivity contribution in [1.82, 2.24) is 15.5 Å². The minimum Gasteiger partial charge on any atom is -0.480 e. The number of aromatic amines is 1. The number of amides is 1. The molecule has 6 heteroatoms. The Balaban J connectivity index is 2.06. The lowest BCUT2D eigenvalue weighted by Crippen LogP contribution is -2.40. The molecule has 2 aromatic rings. The molecule has 0 saturated heterocycles. The van der Waals surface area contributed by atoms with Gasteiger partial charge in [-0.25, -0.2) is 4.79 Å². The Hall–Kier alpha value is -2.63. The molecule has 0 aliphatic heterocycles. The molecule has 0 spiro atoms. The van der Waals surface area contributed by atoms with Gasteiger partial charge in [-0.1, -0.05) is 50.1 Å². The summed E-state index contributed by atoms with van der Waals surface area (Å²) < 4.78 is 0. The van der Waals surface area contributed by atoms with Crippen LogP contribution in [-0.2, 0) is 4.79 Å². The summed E-state index contributed by atoms with van der Waals surface area (Å²) in [5, 5.41) is 18.4. The monoisotopic (exact) mass is 301 g/mol. The molecule has 0 aliphatic carbocycles. The van der Waals surface area contributed by atoms with Gasteiger partial charge in [-0.3, -0.25) is 9.89 Å². The van der Waals surface area contributed by atoms with E-state index in [1.165, 1.54) is 0 Å². The Morgan fingerprint density at radius 2 is 2.05 bits per heavy atom. The first-order valence-corrected chi connectivity index (χ1v) is 7.26. The molecule has 116 valence electrons. The lowest BCUT2D eigenvalue weighted by molar-refractivity contribution is -0.139. The molecule has 0 bridgehead atoms. The summed E-state index contributed by atoms with van der Waals surface area (Å²) in [6.07, 6.45) is 2.04. The second kappa shape index (κ2) is 7.40. The fourth-order valence-corrected chi connectivity index (χ4v) is 2.10. The van der Waals surface area contributed by atoms with Gasteiger partial charge in [0.05, 0.1) is 5.69 Å². The van der Waals surface area contributed by atoms with E-state index in [-0.39, 0.29) is 5.69 Å². The van der Waals surface area contributed by atoms with Crippen LogP contribution in [0.5, 0.6) is 0 Å². The number of aliphatic carboxylic acids is 1. The van der Waals surface area contributed by atoms with Gasteiger partial charge < -0.3 is 10.4 Å². The summed E-state index contributed by atoms with van der Waals surface area (Å²) in [7, 11) is 0. The molecule has 0 aliphatic rings. The number of carboxylic acid groups (broad SMARTS) is 1. The highest BCUT2D eigenvalue weighted by Crippen LogP contribution is 2.17. The Bertz CT molecular complexity index is 637. The van der Waals surface area contributed by atoms with Gasteiger partial charge in [-0.2, -0.15) is 5.10 Å². The van der Waals surface area contributed by atoms with Gasteiger partial charge >= 0.3 is 5.97 Å². The van der Waals surface area contributed by atoms with Gasteiger partial charge in [0.2, 0.25) is 0 Å². The molecule has 2 rings (SSSR count). The van der Waals surface area contributed by atoms with Crippen molar-refractivity contribution in [3.05, 3.63) is 42.1 Å². The molecule has 1 aromatic carbocycles. The van der Waals surface area contributed by atoms with Gasteiger partial charge in [-0.05, 0) is 12.5 Å². The van der Waals surface area contributed by atoms with E-state index in [1.807, 2.05) is 37.3 Å². The van der Waals surface area contributed by atoms with E-state index in [0.717, 1.165) is 18.4 Å². The van der Waals surface area contributed by atoms with Crippen molar-refractivity contribution in [3.63, 3.8) is 0 Å². The molecule has 1 amide bonds. The van der Waals surface area contributed by atoms with E-state index in [2.05, 4.69) is 15.5 Å². The number of carbonyl (C=O) groups excluding carboxylic acids is 1. The zero-order valence-electron chi connectivity index (χ0n) is 12.4. The normalized spacial score (nSPS) is 11.9. The van der Waals surface area contributed by atoms with E-state index < -0.39 is 17.9 Å². The highest BCUT2D eigenvalue weighted by atomic mass is 16.4. The highest BCUT2D eigenvalue weighted by Gasteiger charge is 2.21. The molecule has 0 radical (unpaired) electrons. The van der Waals surface area contributed by atoms with Crippen molar-refractivity contribution in [2.45, 2.75) is 32.2 Å². The number of carbonyl (C=O) groups is 2. The predicted molar refractivity (Wildman–Crippen MR) is 82.4 cm³/mol. The molecule has 22 heavy (non-hydrogen) atoms. The van der Waals surface area contributed by atoms with Crippen molar-refractivity contribution >= 4 is 11.9 Å². The molecular weight excluding hydrogens is 282 g/mol. The fourth-order valence-electron chi connectivity index (χ4n) is 2.10.